The van der Waals surface area contributed by atoms with Crippen molar-refractivity contribution in [3.05, 3.63) is 42.7 Å². The van der Waals surface area contributed by atoms with Gasteiger partial charge in [0.1, 0.15) is 4.83 Å². The Morgan fingerprint density at radius 3 is 2.73 bits per heavy atom. The van der Waals surface area contributed by atoms with E-state index in [0.717, 1.165) is 21.6 Å². The maximum Gasteiger partial charge on any atom is 0.160 e. The highest BCUT2D eigenvalue weighted by atomic mass is 32.1. The third-order valence-corrected chi connectivity index (χ3v) is 2.85. The first-order chi connectivity index (χ1) is 7.43. The van der Waals surface area contributed by atoms with Crippen molar-refractivity contribution in [3.63, 3.8) is 0 Å². The van der Waals surface area contributed by atoms with Crippen LogP contribution in [-0.2, 0) is 0 Å². The molecule has 0 N–H and O–H groups in total. The van der Waals surface area contributed by atoms with Gasteiger partial charge in [-0.2, -0.15) is 4.37 Å². The lowest BCUT2D eigenvalue weighted by molar-refractivity contribution is 1.24. The molecule has 72 valence electrons. The lowest BCUT2D eigenvalue weighted by Crippen LogP contribution is -1.86. The monoisotopic (exact) mass is 213 g/mol. The zero-order chi connectivity index (χ0) is 10.1. The van der Waals surface area contributed by atoms with Crippen molar-refractivity contribution in [1.29, 1.82) is 0 Å². The Hall–Kier alpha value is -1.81. The highest BCUT2D eigenvalue weighted by Gasteiger charge is 2.03. The molecule has 0 spiro atoms. The minimum atomic E-state index is 0.757. The molecule has 1 aromatic carbocycles. The molecule has 0 aliphatic carbocycles. The summed E-state index contributed by atoms with van der Waals surface area (Å²) < 4.78 is 4.08. The number of rotatable bonds is 1. The summed E-state index contributed by atoms with van der Waals surface area (Å²) in [5, 5.41) is 1.000. The van der Waals surface area contributed by atoms with E-state index in [2.05, 4.69) is 14.3 Å². The molecular weight excluding hydrogens is 206 g/mol. The van der Waals surface area contributed by atoms with Crippen LogP contribution in [0.25, 0.3) is 21.6 Å². The lowest BCUT2D eigenvalue weighted by atomic mass is 10.2. The fourth-order valence-electron chi connectivity index (χ4n) is 1.40. The van der Waals surface area contributed by atoms with Gasteiger partial charge in [0.05, 0.1) is 6.20 Å². The van der Waals surface area contributed by atoms with Crippen molar-refractivity contribution in [3.8, 4) is 11.4 Å². The van der Waals surface area contributed by atoms with Gasteiger partial charge in [-0.05, 0) is 11.5 Å². The second kappa shape index (κ2) is 3.40. The second-order valence-corrected chi connectivity index (χ2v) is 3.93. The van der Waals surface area contributed by atoms with Crippen molar-refractivity contribution in [2.75, 3.05) is 0 Å². The maximum absolute atomic E-state index is 4.45. The highest BCUT2D eigenvalue weighted by Crippen LogP contribution is 2.19. The third kappa shape index (κ3) is 1.49. The van der Waals surface area contributed by atoms with Gasteiger partial charge >= 0.3 is 0 Å². The normalized spacial score (nSPS) is 10.7. The Bertz CT molecular complexity index is 589. The van der Waals surface area contributed by atoms with Crippen LogP contribution in [0.15, 0.2) is 42.7 Å². The molecule has 15 heavy (non-hydrogen) atoms. The molecule has 3 nitrogen and oxygen atoms in total. The average molecular weight is 213 g/mol. The summed E-state index contributed by atoms with van der Waals surface area (Å²) in [5.41, 5.74) is 1.04. The van der Waals surface area contributed by atoms with Gasteiger partial charge in [0, 0.05) is 17.1 Å². The Balaban J connectivity index is 2.19. The smallest absolute Gasteiger partial charge is 0.160 e. The van der Waals surface area contributed by atoms with Crippen LogP contribution in [0, 0.1) is 0 Å². The van der Waals surface area contributed by atoms with Crippen LogP contribution in [0.1, 0.15) is 0 Å². The van der Waals surface area contributed by atoms with Crippen LogP contribution >= 0.6 is 11.5 Å². The molecule has 2 aromatic heterocycles. The van der Waals surface area contributed by atoms with Gasteiger partial charge in [-0.1, -0.05) is 30.3 Å². The first-order valence-electron chi connectivity index (χ1n) is 4.56. The molecular formula is C11H7N3S. The molecule has 0 aliphatic rings. The molecule has 0 amide bonds. The zero-order valence-corrected chi connectivity index (χ0v) is 8.61. The predicted octanol–water partition coefficient (Wildman–Crippen LogP) is 2.75. The van der Waals surface area contributed by atoms with Crippen molar-refractivity contribution in [2.45, 2.75) is 0 Å². The van der Waals surface area contributed by atoms with Crippen molar-refractivity contribution < 1.29 is 0 Å². The average Bonchev–Trinajstić information content (AvgIpc) is 2.77. The number of hydrogen-bond donors (Lipinski definition) is 0. The Kier molecular flexibility index (Phi) is 1.93. The Morgan fingerprint density at radius 1 is 1.00 bits per heavy atom. The van der Waals surface area contributed by atoms with Gasteiger partial charge in [0.25, 0.3) is 0 Å². The van der Waals surface area contributed by atoms with Gasteiger partial charge in [0.15, 0.2) is 5.82 Å². The minimum Gasteiger partial charge on any atom is -0.236 e. The van der Waals surface area contributed by atoms with Crippen molar-refractivity contribution in [2.24, 2.45) is 0 Å². The summed E-state index contributed by atoms with van der Waals surface area (Å²) >= 11 is 1.40. The van der Waals surface area contributed by atoms with Crippen LogP contribution in [0.4, 0.5) is 0 Å². The van der Waals surface area contributed by atoms with E-state index < -0.39 is 0 Å². The van der Waals surface area contributed by atoms with Gasteiger partial charge < -0.3 is 0 Å². The molecule has 2 heterocycles. The van der Waals surface area contributed by atoms with Crippen molar-refractivity contribution in [1.82, 2.24) is 14.3 Å². The van der Waals surface area contributed by atoms with E-state index in [1.54, 1.807) is 6.20 Å². The molecule has 3 rings (SSSR count). The van der Waals surface area contributed by atoms with Gasteiger partial charge in [-0.25, -0.2) is 9.97 Å². The fourth-order valence-corrected chi connectivity index (χ4v) is 2.00. The number of nitrogens with zero attached hydrogens (tertiary/aromatic N) is 3. The van der Waals surface area contributed by atoms with Gasteiger partial charge in [-0.15, -0.1) is 0 Å². The summed E-state index contributed by atoms with van der Waals surface area (Å²) in [6, 6.07) is 9.95. The summed E-state index contributed by atoms with van der Waals surface area (Å²) in [6.07, 6.45) is 3.60. The number of fused-ring (bicyclic) bond motifs is 1. The van der Waals surface area contributed by atoms with Crippen molar-refractivity contribution >= 4 is 21.7 Å². The van der Waals surface area contributed by atoms with Crippen LogP contribution in [0.3, 0.4) is 0 Å². The van der Waals surface area contributed by atoms with E-state index in [0.29, 0.717) is 0 Å². The first-order valence-corrected chi connectivity index (χ1v) is 5.34. The molecule has 0 aliphatic heterocycles. The molecule has 0 saturated heterocycles. The lowest BCUT2D eigenvalue weighted by Gasteiger charge is -1.97. The maximum atomic E-state index is 4.45. The van der Waals surface area contributed by atoms with Crippen LogP contribution in [0.5, 0.6) is 0 Å². The molecule has 0 unspecified atom stereocenters. The standard InChI is InChI=1S/C11H7N3S/c1-2-4-8(5-3-1)10-12-6-9-7-13-15-11(9)14-10/h1-7H. The van der Waals surface area contributed by atoms with Gasteiger partial charge in [0.2, 0.25) is 0 Å². The molecule has 4 heteroatoms. The Morgan fingerprint density at radius 2 is 1.87 bits per heavy atom. The largest absolute Gasteiger partial charge is 0.236 e. The molecule has 3 aromatic rings. The fraction of sp³-hybridized carbons (Fsp3) is 0. The molecule has 0 atom stereocenters. The summed E-state index contributed by atoms with van der Waals surface area (Å²) in [4.78, 5) is 9.69. The topological polar surface area (TPSA) is 38.7 Å². The van der Waals surface area contributed by atoms with E-state index in [4.69, 9.17) is 0 Å². The van der Waals surface area contributed by atoms with E-state index in [1.807, 2.05) is 36.5 Å². The molecule has 0 saturated carbocycles. The number of aromatic nitrogens is 3. The van der Waals surface area contributed by atoms with Crippen LogP contribution < -0.4 is 0 Å². The molecule has 0 radical (unpaired) electrons. The van der Waals surface area contributed by atoms with Gasteiger partial charge in [-0.3, -0.25) is 0 Å². The Labute approximate surface area is 90.6 Å². The summed E-state index contributed by atoms with van der Waals surface area (Å²) in [6.45, 7) is 0. The third-order valence-electron chi connectivity index (χ3n) is 2.14. The predicted molar refractivity (Wildman–Crippen MR) is 60.6 cm³/mol. The second-order valence-electron chi connectivity index (χ2n) is 3.15. The summed E-state index contributed by atoms with van der Waals surface area (Å²) in [5.74, 6) is 0.757. The number of benzene rings is 1. The molecule has 0 bridgehead atoms. The van der Waals surface area contributed by atoms with E-state index >= 15 is 0 Å². The molecule has 0 fully saturated rings. The summed E-state index contributed by atoms with van der Waals surface area (Å²) in [7, 11) is 0. The van der Waals surface area contributed by atoms with E-state index in [1.165, 1.54) is 11.5 Å². The first kappa shape index (κ1) is 8.49. The van der Waals surface area contributed by atoms with E-state index in [9.17, 15) is 0 Å². The van der Waals surface area contributed by atoms with Crippen LogP contribution in [0.2, 0.25) is 0 Å². The number of hydrogen-bond acceptors (Lipinski definition) is 4. The zero-order valence-electron chi connectivity index (χ0n) is 7.79. The minimum absolute atomic E-state index is 0.757. The SMILES string of the molecule is c1ccc(-c2ncc3cnsc3n2)cc1. The van der Waals surface area contributed by atoms with Crippen LogP contribution in [-0.4, -0.2) is 14.3 Å². The quantitative estimate of drug-likeness (QED) is 0.624. The van der Waals surface area contributed by atoms with E-state index in [-0.39, 0.29) is 0 Å². The highest BCUT2D eigenvalue weighted by molar-refractivity contribution is 7.12.